The standard InChI is InChI=1S/C12H18N6/c1-4-9-16-11(13)8(2)12(17-9)15-7-10-14-5-6-18(10)3/h5-6H,4,7H2,1-3H3,(H3,13,15,16,17). The maximum atomic E-state index is 5.86. The first-order valence-electron chi connectivity index (χ1n) is 5.95. The Balaban J connectivity index is 2.18. The van der Waals surface area contributed by atoms with E-state index >= 15 is 0 Å². The van der Waals surface area contributed by atoms with E-state index in [1.54, 1.807) is 6.20 Å². The number of anilines is 2. The molecule has 18 heavy (non-hydrogen) atoms. The maximum Gasteiger partial charge on any atom is 0.135 e. The van der Waals surface area contributed by atoms with E-state index in [0.29, 0.717) is 12.4 Å². The van der Waals surface area contributed by atoms with E-state index < -0.39 is 0 Å². The van der Waals surface area contributed by atoms with Gasteiger partial charge >= 0.3 is 0 Å². The lowest BCUT2D eigenvalue weighted by atomic mass is 10.3. The van der Waals surface area contributed by atoms with Crippen molar-refractivity contribution < 1.29 is 0 Å². The Kier molecular flexibility index (Phi) is 3.45. The van der Waals surface area contributed by atoms with Crippen LogP contribution in [0.15, 0.2) is 12.4 Å². The average Bonchev–Trinajstić information content (AvgIpc) is 2.76. The van der Waals surface area contributed by atoms with Crippen LogP contribution in [0.4, 0.5) is 11.6 Å². The minimum absolute atomic E-state index is 0.532. The summed E-state index contributed by atoms with van der Waals surface area (Å²) < 4.78 is 1.97. The van der Waals surface area contributed by atoms with E-state index in [1.807, 2.05) is 31.7 Å². The third-order valence-electron chi connectivity index (χ3n) is 2.88. The Morgan fingerprint density at radius 3 is 2.78 bits per heavy atom. The molecule has 0 saturated carbocycles. The predicted octanol–water partition coefficient (Wildman–Crippen LogP) is 1.28. The van der Waals surface area contributed by atoms with Crippen LogP contribution < -0.4 is 11.1 Å². The van der Waals surface area contributed by atoms with Crippen molar-refractivity contribution in [1.82, 2.24) is 19.5 Å². The lowest BCUT2D eigenvalue weighted by molar-refractivity contribution is 0.807. The maximum absolute atomic E-state index is 5.86. The number of imidazole rings is 1. The number of aryl methyl sites for hydroxylation is 2. The van der Waals surface area contributed by atoms with Gasteiger partial charge < -0.3 is 15.6 Å². The minimum atomic E-state index is 0.532. The van der Waals surface area contributed by atoms with Crippen molar-refractivity contribution in [3.05, 3.63) is 29.6 Å². The van der Waals surface area contributed by atoms with Crippen molar-refractivity contribution >= 4 is 11.6 Å². The summed E-state index contributed by atoms with van der Waals surface area (Å²) in [6, 6.07) is 0. The largest absolute Gasteiger partial charge is 0.383 e. The highest BCUT2D eigenvalue weighted by Gasteiger charge is 2.08. The van der Waals surface area contributed by atoms with Gasteiger partial charge in [-0.1, -0.05) is 6.92 Å². The molecule has 2 heterocycles. The van der Waals surface area contributed by atoms with Crippen LogP contribution >= 0.6 is 0 Å². The van der Waals surface area contributed by atoms with Crippen LogP contribution in [0, 0.1) is 6.92 Å². The molecule has 0 aliphatic heterocycles. The molecule has 0 saturated heterocycles. The van der Waals surface area contributed by atoms with E-state index in [2.05, 4.69) is 20.3 Å². The smallest absolute Gasteiger partial charge is 0.135 e. The number of nitrogens with one attached hydrogen (secondary N) is 1. The zero-order chi connectivity index (χ0) is 13.1. The van der Waals surface area contributed by atoms with Crippen LogP contribution in [-0.2, 0) is 20.0 Å². The Morgan fingerprint density at radius 1 is 1.39 bits per heavy atom. The number of hydrogen-bond donors (Lipinski definition) is 2. The zero-order valence-electron chi connectivity index (χ0n) is 10.9. The van der Waals surface area contributed by atoms with Gasteiger partial charge in [-0.15, -0.1) is 0 Å². The molecule has 6 heteroatoms. The Morgan fingerprint density at radius 2 is 2.17 bits per heavy atom. The molecule has 0 aromatic carbocycles. The molecule has 2 rings (SSSR count). The second-order valence-electron chi connectivity index (χ2n) is 4.16. The highest BCUT2D eigenvalue weighted by atomic mass is 15.1. The highest BCUT2D eigenvalue weighted by Crippen LogP contribution is 2.17. The Bertz CT molecular complexity index is 545. The van der Waals surface area contributed by atoms with E-state index in [0.717, 1.165) is 29.5 Å². The van der Waals surface area contributed by atoms with Crippen molar-refractivity contribution in [2.24, 2.45) is 7.05 Å². The van der Waals surface area contributed by atoms with Crippen LogP contribution in [0.5, 0.6) is 0 Å². The summed E-state index contributed by atoms with van der Waals surface area (Å²) in [6.45, 7) is 4.53. The second-order valence-corrected chi connectivity index (χ2v) is 4.16. The van der Waals surface area contributed by atoms with Crippen LogP contribution in [0.2, 0.25) is 0 Å². The van der Waals surface area contributed by atoms with Gasteiger partial charge in [0.25, 0.3) is 0 Å². The summed E-state index contributed by atoms with van der Waals surface area (Å²) in [5.41, 5.74) is 6.74. The molecular weight excluding hydrogens is 228 g/mol. The van der Waals surface area contributed by atoms with E-state index in [-0.39, 0.29) is 0 Å². The van der Waals surface area contributed by atoms with Crippen LogP contribution in [0.1, 0.15) is 24.1 Å². The zero-order valence-corrected chi connectivity index (χ0v) is 10.9. The minimum Gasteiger partial charge on any atom is -0.383 e. The summed E-state index contributed by atoms with van der Waals surface area (Å²) in [6.07, 6.45) is 4.45. The van der Waals surface area contributed by atoms with E-state index in [1.165, 1.54) is 0 Å². The number of nitrogens with zero attached hydrogens (tertiary/aromatic N) is 4. The average molecular weight is 246 g/mol. The number of hydrogen-bond acceptors (Lipinski definition) is 5. The van der Waals surface area contributed by atoms with Crippen molar-refractivity contribution in [2.75, 3.05) is 11.1 Å². The molecule has 0 radical (unpaired) electrons. The molecule has 0 aliphatic carbocycles. The van der Waals surface area contributed by atoms with Gasteiger partial charge in [0.2, 0.25) is 0 Å². The van der Waals surface area contributed by atoms with Gasteiger partial charge in [-0.05, 0) is 6.92 Å². The molecule has 2 aromatic heterocycles. The first-order chi connectivity index (χ1) is 8.61. The van der Waals surface area contributed by atoms with E-state index in [9.17, 15) is 0 Å². The second kappa shape index (κ2) is 5.03. The molecule has 3 N–H and O–H groups in total. The van der Waals surface area contributed by atoms with E-state index in [4.69, 9.17) is 5.73 Å². The fourth-order valence-electron chi connectivity index (χ4n) is 1.64. The molecule has 0 aliphatic rings. The Hall–Kier alpha value is -2.11. The molecule has 0 fully saturated rings. The van der Waals surface area contributed by atoms with Gasteiger partial charge in [-0.2, -0.15) is 0 Å². The molecule has 2 aromatic rings. The van der Waals surface area contributed by atoms with Gasteiger partial charge in [-0.25, -0.2) is 15.0 Å². The SMILES string of the molecule is CCc1nc(N)c(C)c(NCc2nccn2C)n1. The lowest BCUT2D eigenvalue weighted by Gasteiger charge is -2.11. The quantitative estimate of drug-likeness (QED) is 0.849. The topological polar surface area (TPSA) is 81.6 Å². The highest BCUT2D eigenvalue weighted by molar-refractivity contribution is 5.54. The summed E-state index contributed by atoms with van der Waals surface area (Å²) in [5.74, 6) is 3.01. The molecule has 0 atom stereocenters. The van der Waals surface area contributed by atoms with Crippen LogP contribution in [0.25, 0.3) is 0 Å². The number of rotatable bonds is 4. The van der Waals surface area contributed by atoms with Crippen molar-refractivity contribution in [2.45, 2.75) is 26.8 Å². The molecule has 96 valence electrons. The Labute approximate surface area is 106 Å². The summed E-state index contributed by atoms with van der Waals surface area (Å²) >= 11 is 0. The van der Waals surface area contributed by atoms with Gasteiger partial charge in [0.1, 0.15) is 23.3 Å². The van der Waals surface area contributed by atoms with Crippen LogP contribution in [-0.4, -0.2) is 19.5 Å². The number of nitrogens with two attached hydrogens (primary N) is 1. The number of aromatic nitrogens is 4. The van der Waals surface area contributed by atoms with Gasteiger partial charge in [-0.3, -0.25) is 0 Å². The molecular formula is C12H18N6. The third kappa shape index (κ3) is 2.42. The molecule has 0 amide bonds. The number of nitrogen functional groups attached to an aromatic ring is 1. The molecule has 0 spiro atoms. The molecule has 0 bridgehead atoms. The summed E-state index contributed by atoms with van der Waals surface area (Å²) in [5, 5.41) is 3.26. The van der Waals surface area contributed by atoms with Gasteiger partial charge in [0, 0.05) is 31.4 Å². The van der Waals surface area contributed by atoms with Gasteiger partial charge in [0.15, 0.2) is 0 Å². The van der Waals surface area contributed by atoms with Crippen LogP contribution in [0.3, 0.4) is 0 Å². The van der Waals surface area contributed by atoms with Crippen molar-refractivity contribution in [3.63, 3.8) is 0 Å². The molecule has 0 unspecified atom stereocenters. The van der Waals surface area contributed by atoms with Gasteiger partial charge in [0.05, 0.1) is 6.54 Å². The van der Waals surface area contributed by atoms with Crippen molar-refractivity contribution in [3.8, 4) is 0 Å². The summed E-state index contributed by atoms with van der Waals surface area (Å²) in [4.78, 5) is 12.9. The predicted molar refractivity (Wildman–Crippen MR) is 71.1 cm³/mol. The third-order valence-corrected chi connectivity index (χ3v) is 2.88. The monoisotopic (exact) mass is 246 g/mol. The normalized spacial score (nSPS) is 10.6. The molecule has 6 nitrogen and oxygen atoms in total. The van der Waals surface area contributed by atoms with Crippen molar-refractivity contribution in [1.29, 1.82) is 0 Å². The fraction of sp³-hybridized carbons (Fsp3) is 0.417. The first-order valence-corrected chi connectivity index (χ1v) is 5.95. The lowest BCUT2D eigenvalue weighted by Crippen LogP contribution is -2.11. The fourth-order valence-corrected chi connectivity index (χ4v) is 1.64. The summed E-state index contributed by atoms with van der Waals surface area (Å²) in [7, 11) is 1.96. The first kappa shape index (κ1) is 12.3.